The molecular formula is C16H26O2. The molecule has 0 fully saturated rings. The maximum atomic E-state index is 11.0. The predicted molar refractivity (Wildman–Crippen MR) is 77.4 cm³/mol. The molecule has 0 aromatic carbocycles. The summed E-state index contributed by atoms with van der Waals surface area (Å²) in [5.41, 5.74) is 3.70. The zero-order valence-electron chi connectivity index (χ0n) is 12.2. The summed E-state index contributed by atoms with van der Waals surface area (Å²) in [6, 6.07) is 0. The van der Waals surface area contributed by atoms with Gasteiger partial charge in [0.2, 0.25) is 0 Å². The number of esters is 1. The Bertz CT molecular complexity index is 331. The maximum absolute atomic E-state index is 11.0. The van der Waals surface area contributed by atoms with Crippen LogP contribution in [0, 0.1) is 0 Å². The van der Waals surface area contributed by atoms with Crippen molar-refractivity contribution >= 4 is 5.97 Å². The monoisotopic (exact) mass is 250 g/mol. The molecule has 0 aliphatic rings. The second kappa shape index (κ2) is 9.69. The summed E-state index contributed by atoms with van der Waals surface area (Å²) in [5.74, 6) is -0.175. The van der Waals surface area contributed by atoms with Gasteiger partial charge in [0.25, 0.3) is 0 Å². The van der Waals surface area contributed by atoms with Crippen molar-refractivity contribution in [3.63, 3.8) is 0 Å². The molecule has 0 aliphatic heterocycles. The molecule has 0 saturated heterocycles. The molecule has 0 aromatic heterocycles. The number of ether oxygens (including phenoxy) is 1. The molecule has 0 aromatic rings. The first-order chi connectivity index (χ1) is 8.45. The van der Waals surface area contributed by atoms with E-state index in [2.05, 4.69) is 37.3 Å². The van der Waals surface area contributed by atoms with Gasteiger partial charge in [-0.25, -0.2) is 0 Å². The average molecular weight is 250 g/mol. The highest BCUT2D eigenvalue weighted by Crippen LogP contribution is 2.13. The maximum Gasteiger partial charge on any atom is 0.309 e. The number of rotatable bonds is 8. The normalized spacial score (nSPS) is 11.0. The van der Waals surface area contributed by atoms with Crippen LogP contribution in [0.2, 0.25) is 0 Å². The van der Waals surface area contributed by atoms with E-state index in [0.717, 1.165) is 31.3 Å². The lowest BCUT2D eigenvalue weighted by atomic mass is 10.0. The largest absolute Gasteiger partial charge is 0.469 e. The lowest BCUT2D eigenvalue weighted by molar-refractivity contribution is -0.139. The topological polar surface area (TPSA) is 26.3 Å². The van der Waals surface area contributed by atoms with Crippen LogP contribution in [0.4, 0.5) is 0 Å². The molecule has 0 rings (SSSR count). The summed E-state index contributed by atoms with van der Waals surface area (Å²) in [7, 11) is 1.42. The van der Waals surface area contributed by atoms with E-state index in [9.17, 15) is 4.79 Å². The summed E-state index contributed by atoms with van der Waals surface area (Å²) in [5, 5.41) is 0. The highest BCUT2D eigenvalue weighted by atomic mass is 16.5. The fourth-order valence-corrected chi connectivity index (χ4v) is 1.58. The Morgan fingerprint density at radius 2 is 1.67 bits per heavy atom. The molecule has 0 radical (unpaired) electrons. The van der Waals surface area contributed by atoms with Crippen molar-refractivity contribution in [1.29, 1.82) is 0 Å². The molecule has 2 heteroatoms. The van der Waals surface area contributed by atoms with Gasteiger partial charge in [0.05, 0.1) is 13.5 Å². The van der Waals surface area contributed by atoms with E-state index in [1.54, 1.807) is 0 Å². The predicted octanol–water partition coefficient (Wildman–Crippen LogP) is 4.58. The van der Waals surface area contributed by atoms with E-state index in [0.29, 0.717) is 6.42 Å². The Hall–Kier alpha value is -1.31. The van der Waals surface area contributed by atoms with E-state index in [1.165, 1.54) is 18.3 Å². The molecule has 2 nitrogen and oxygen atoms in total. The number of allylic oxidation sites excluding steroid dienone is 4. The first kappa shape index (κ1) is 16.7. The van der Waals surface area contributed by atoms with Crippen LogP contribution in [0.3, 0.4) is 0 Å². The van der Waals surface area contributed by atoms with Gasteiger partial charge in [-0.2, -0.15) is 0 Å². The van der Waals surface area contributed by atoms with Gasteiger partial charge in [0.1, 0.15) is 0 Å². The molecule has 18 heavy (non-hydrogen) atoms. The third-order valence-electron chi connectivity index (χ3n) is 2.69. The Morgan fingerprint density at radius 1 is 1.11 bits per heavy atom. The molecule has 0 heterocycles. The fourth-order valence-electron chi connectivity index (χ4n) is 1.58. The van der Waals surface area contributed by atoms with E-state index in [1.807, 2.05) is 6.92 Å². The highest BCUT2D eigenvalue weighted by Gasteiger charge is 2.00. The zero-order valence-corrected chi connectivity index (χ0v) is 12.2. The van der Waals surface area contributed by atoms with E-state index in [4.69, 9.17) is 0 Å². The summed E-state index contributed by atoms with van der Waals surface area (Å²) < 4.78 is 4.62. The fraction of sp³-hybridized carbons (Fsp3) is 0.562. The SMILES string of the molecule is C=C(CCC=C(C)C)CCC=C(C)CC(=O)OC. The Kier molecular flexibility index (Phi) is 8.99. The van der Waals surface area contributed by atoms with Gasteiger partial charge in [0, 0.05) is 0 Å². The van der Waals surface area contributed by atoms with Crippen LogP contribution < -0.4 is 0 Å². The number of carbonyl (C=O) groups is 1. The molecule has 0 unspecified atom stereocenters. The third-order valence-corrected chi connectivity index (χ3v) is 2.69. The molecule has 0 spiro atoms. The average Bonchev–Trinajstić information content (AvgIpc) is 2.28. The second-order valence-electron chi connectivity index (χ2n) is 4.91. The highest BCUT2D eigenvalue weighted by molar-refractivity contribution is 5.72. The Labute approximate surface area is 111 Å². The first-order valence-corrected chi connectivity index (χ1v) is 6.48. The molecular weight excluding hydrogens is 224 g/mol. The van der Waals surface area contributed by atoms with Crippen LogP contribution in [-0.2, 0) is 9.53 Å². The molecule has 0 N–H and O–H groups in total. The van der Waals surface area contributed by atoms with Gasteiger partial charge in [-0.05, 0) is 46.5 Å². The Morgan fingerprint density at radius 3 is 2.17 bits per heavy atom. The van der Waals surface area contributed by atoms with Crippen molar-refractivity contribution in [2.24, 2.45) is 0 Å². The lowest BCUT2D eigenvalue weighted by Gasteiger charge is -2.03. The van der Waals surface area contributed by atoms with Crippen molar-refractivity contribution in [3.05, 3.63) is 35.5 Å². The van der Waals surface area contributed by atoms with Gasteiger partial charge >= 0.3 is 5.97 Å². The smallest absolute Gasteiger partial charge is 0.309 e. The summed E-state index contributed by atoms with van der Waals surface area (Å²) in [6.07, 6.45) is 8.81. The Balaban J connectivity index is 3.82. The van der Waals surface area contributed by atoms with Gasteiger partial charge in [-0.15, -0.1) is 0 Å². The van der Waals surface area contributed by atoms with Crippen molar-refractivity contribution in [2.45, 2.75) is 52.9 Å². The number of carbonyl (C=O) groups excluding carboxylic acids is 1. The van der Waals surface area contributed by atoms with Crippen LogP contribution in [0.25, 0.3) is 0 Å². The quantitative estimate of drug-likeness (QED) is 0.465. The van der Waals surface area contributed by atoms with E-state index >= 15 is 0 Å². The van der Waals surface area contributed by atoms with Crippen molar-refractivity contribution in [3.8, 4) is 0 Å². The summed E-state index contributed by atoms with van der Waals surface area (Å²) in [4.78, 5) is 11.0. The van der Waals surface area contributed by atoms with Crippen LogP contribution in [0.15, 0.2) is 35.5 Å². The minimum absolute atomic E-state index is 0.175. The minimum atomic E-state index is -0.175. The molecule has 0 atom stereocenters. The molecule has 0 amide bonds. The standard InChI is InChI=1S/C16H26O2/c1-13(2)8-6-9-14(3)10-7-11-15(4)12-16(17)18-5/h8,11H,3,6-7,9-10,12H2,1-2,4-5H3. The number of hydrogen-bond donors (Lipinski definition) is 0. The van der Waals surface area contributed by atoms with E-state index in [-0.39, 0.29) is 5.97 Å². The van der Waals surface area contributed by atoms with Crippen LogP contribution in [-0.4, -0.2) is 13.1 Å². The van der Waals surface area contributed by atoms with Gasteiger partial charge in [-0.1, -0.05) is 35.5 Å². The molecule has 102 valence electrons. The lowest BCUT2D eigenvalue weighted by Crippen LogP contribution is -2.00. The van der Waals surface area contributed by atoms with E-state index < -0.39 is 0 Å². The van der Waals surface area contributed by atoms with Crippen molar-refractivity contribution in [1.82, 2.24) is 0 Å². The minimum Gasteiger partial charge on any atom is -0.469 e. The van der Waals surface area contributed by atoms with Crippen LogP contribution in [0.1, 0.15) is 52.9 Å². The van der Waals surface area contributed by atoms with Crippen LogP contribution >= 0.6 is 0 Å². The molecule has 0 aliphatic carbocycles. The number of hydrogen-bond acceptors (Lipinski definition) is 2. The van der Waals surface area contributed by atoms with Gasteiger partial charge in [0.15, 0.2) is 0 Å². The van der Waals surface area contributed by atoms with Gasteiger partial charge in [-0.3, -0.25) is 4.79 Å². The summed E-state index contributed by atoms with van der Waals surface area (Å²) in [6.45, 7) is 10.3. The first-order valence-electron chi connectivity index (χ1n) is 6.48. The summed E-state index contributed by atoms with van der Waals surface area (Å²) >= 11 is 0. The third kappa shape index (κ3) is 9.88. The van der Waals surface area contributed by atoms with Crippen molar-refractivity contribution in [2.75, 3.05) is 7.11 Å². The zero-order chi connectivity index (χ0) is 14.0. The molecule has 0 saturated carbocycles. The van der Waals surface area contributed by atoms with Gasteiger partial charge < -0.3 is 4.74 Å². The van der Waals surface area contributed by atoms with Crippen molar-refractivity contribution < 1.29 is 9.53 Å². The van der Waals surface area contributed by atoms with Crippen LogP contribution in [0.5, 0.6) is 0 Å². The second-order valence-corrected chi connectivity index (χ2v) is 4.91. The molecule has 0 bridgehead atoms. The number of methoxy groups -OCH3 is 1.